The van der Waals surface area contributed by atoms with Crippen LogP contribution < -0.4 is 0 Å². The van der Waals surface area contributed by atoms with Crippen LogP contribution in [0.2, 0.25) is 0 Å². The Kier molecular flexibility index (Phi) is 6.94. The fraction of sp³-hybridized carbons (Fsp3) is 0.500. The van der Waals surface area contributed by atoms with Crippen LogP contribution in [-0.4, -0.2) is 47.6 Å². The van der Waals surface area contributed by atoms with E-state index in [-0.39, 0.29) is 17.8 Å². The van der Waals surface area contributed by atoms with Crippen molar-refractivity contribution in [3.05, 3.63) is 47.1 Å². The van der Waals surface area contributed by atoms with Gasteiger partial charge in [-0.3, -0.25) is 0 Å². The molecule has 26 heavy (non-hydrogen) atoms. The predicted octanol–water partition coefficient (Wildman–Crippen LogP) is 1.98. The quantitative estimate of drug-likeness (QED) is 0.451. The third-order valence-corrected chi connectivity index (χ3v) is 4.69. The maximum atomic E-state index is 12.4. The Morgan fingerprint density at radius 1 is 1.38 bits per heavy atom. The number of fused-ring (bicyclic) bond motifs is 1. The summed E-state index contributed by atoms with van der Waals surface area (Å²) in [5.41, 5.74) is 2.39. The average molecular weight is 362 g/mol. The molecule has 2 aliphatic rings. The first-order valence-electron chi connectivity index (χ1n) is 8.71. The number of carbonyl (C=O) groups excluding carboxylic acids is 2. The van der Waals surface area contributed by atoms with Gasteiger partial charge in [0.05, 0.1) is 24.7 Å². The van der Waals surface area contributed by atoms with Crippen LogP contribution in [0.15, 0.2) is 47.1 Å². The Labute approximate surface area is 153 Å². The van der Waals surface area contributed by atoms with Crippen molar-refractivity contribution in [1.29, 1.82) is 0 Å². The molecule has 3 atom stereocenters. The largest absolute Gasteiger partial charge is 0.458 e. The van der Waals surface area contributed by atoms with Crippen molar-refractivity contribution in [1.82, 2.24) is 0 Å². The zero-order valence-electron chi connectivity index (χ0n) is 15.2. The molecule has 1 saturated heterocycles. The maximum Gasteiger partial charge on any atom is 0.336 e. The highest BCUT2D eigenvalue weighted by Gasteiger charge is 2.44. The van der Waals surface area contributed by atoms with Gasteiger partial charge in [-0.1, -0.05) is 23.8 Å². The van der Waals surface area contributed by atoms with E-state index in [0.717, 1.165) is 24.0 Å². The highest BCUT2D eigenvalue weighted by molar-refractivity contribution is 5.92. The number of hydrogen-bond donors (Lipinski definition) is 2. The topological polar surface area (TPSA) is 93.1 Å². The van der Waals surface area contributed by atoms with E-state index in [2.05, 4.69) is 12.7 Å². The van der Waals surface area contributed by atoms with Crippen molar-refractivity contribution < 1.29 is 29.3 Å². The van der Waals surface area contributed by atoms with Gasteiger partial charge in [0.25, 0.3) is 0 Å². The summed E-state index contributed by atoms with van der Waals surface area (Å²) in [6.07, 6.45) is 6.17. The molecule has 0 radical (unpaired) electrons. The minimum Gasteiger partial charge on any atom is -0.458 e. The van der Waals surface area contributed by atoms with Gasteiger partial charge in [-0.25, -0.2) is 9.59 Å². The lowest BCUT2D eigenvalue weighted by Crippen LogP contribution is -2.34. The molecule has 2 N–H and O–H groups in total. The second kappa shape index (κ2) is 8.96. The van der Waals surface area contributed by atoms with E-state index < -0.39 is 36.7 Å². The molecule has 1 heterocycles. The van der Waals surface area contributed by atoms with E-state index in [1.54, 1.807) is 0 Å². The molecule has 0 aromatic carbocycles. The first-order chi connectivity index (χ1) is 12.4. The molecule has 2 rings (SSSR count). The monoisotopic (exact) mass is 362 g/mol. The van der Waals surface area contributed by atoms with Gasteiger partial charge in [-0.15, -0.1) is 0 Å². The predicted molar refractivity (Wildman–Crippen MR) is 96.0 cm³/mol. The molecule has 6 heteroatoms. The van der Waals surface area contributed by atoms with E-state index in [0.29, 0.717) is 6.42 Å². The minimum atomic E-state index is -0.719. The summed E-state index contributed by atoms with van der Waals surface area (Å²) in [6, 6.07) is 0. The van der Waals surface area contributed by atoms with E-state index >= 15 is 0 Å². The molecule has 0 aromatic heterocycles. The number of carbonyl (C=O) groups is 2. The van der Waals surface area contributed by atoms with Crippen LogP contribution in [0.3, 0.4) is 0 Å². The van der Waals surface area contributed by atoms with Crippen LogP contribution in [0.25, 0.3) is 0 Å². The van der Waals surface area contributed by atoms with Crippen LogP contribution in [0.1, 0.15) is 33.1 Å². The van der Waals surface area contributed by atoms with Gasteiger partial charge in [0.1, 0.15) is 12.2 Å². The smallest absolute Gasteiger partial charge is 0.336 e. The van der Waals surface area contributed by atoms with Crippen LogP contribution in [0.5, 0.6) is 0 Å². The number of rotatable bonds is 4. The number of allylic oxidation sites excluding steroid dienone is 2. The van der Waals surface area contributed by atoms with Crippen LogP contribution in [0, 0.1) is 5.92 Å². The highest BCUT2D eigenvalue weighted by Crippen LogP contribution is 2.36. The molecule has 6 nitrogen and oxygen atoms in total. The third kappa shape index (κ3) is 4.71. The second-order valence-electron chi connectivity index (χ2n) is 6.74. The SMILES string of the molecule is C=C1C(=O)O[C@@H]2/C=C(\C)CC/C=C(\C)C[C@@H](OC(=O)/C(=C/CO)CO)C12. The van der Waals surface area contributed by atoms with Gasteiger partial charge in [-0.05, 0) is 38.8 Å². The Morgan fingerprint density at radius 3 is 2.77 bits per heavy atom. The Morgan fingerprint density at radius 2 is 2.12 bits per heavy atom. The average Bonchev–Trinajstić information content (AvgIpc) is 2.85. The zero-order valence-corrected chi connectivity index (χ0v) is 15.2. The van der Waals surface area contributed by atoms with Gasteiger partial charge in [0, 0.05) is 12.0 Å². The first-order valence-corrected chi connectivity index (χ1v) is 8.71. The van der Waals surface area contributed by atoms with Gasteiger partial charge < -0.3 is 19.7 Å². The van der Waals surface area contributed by atoms with Crippen molar-refractivity contribution >= 4 is 11.9 Å². The first kappa shape index (κ1) is 20.1. The molecular weight excluding hydrogens is 336 g/mol. The molecule has 0 aromatic rings. The van der Waals surface area contributed by atoms with Crippen molar-refractivity contribution in [3.63, 3.8) is 0 Å². The lowest BCUT2D eigenvalue weighted by molar-refractivity contribution is -0.147. The Hall–Kier alpha value is -2.18. The normalized spacial score (nSPS) is 31.2. The van der Waals surface area contributed by atoms with Crippen molar-refractivity contribution in [2.24, 2.45) is 5.92 Å². The number of aliphatic hydroxyl groups excluding tert-OH is 2. The fourth-order valence-electron chi connectivity index (χ4n) is 3.27. The molecule has 1 aliphatic carbocycles. The third-order valence-electron chi connectivity index (χ3n) is 4.69. The number of ether oxygens (including phenoxy) is 2. The molecule has 1 fully saturated rings. The summed E-state index contributed by atoms with van der Waals surface area (Å²) >= 11 is 0. The van der Waals surface area contributed by atoms with Gasteiger partial charge in [0.2, 0.25) is 0 Å². The van der Waals surface area contributed by atoms with Crippen LogP contribution in [-0.2, 0) is 19.1 Å². The number of aliphatic hydroxyl groups is 2. The molecule has 1 aliphatic heterocycles. The summed E-state index contributed by atoms with van der Waals surface area (Å²) in [4.78, 5) is 24.4. The summed E-state index contributed by atoms with van der Waals surface area (Å²) in [5.74, 6) is -1.70. The van der Waals surface area contributed by atoms with E-state index in [1.165, 1.54) is 6.08 Å². The summed E-state index contributed by atoms with van der Waals surface area (Å²) in [5, 5.41) is 18.3. The molecule has 1 unspecified atom stereocenters. The molecule has 0 saturated carbocycles. The van der Waals surface area contributed by atoms with E-state index in [1.807, 2.05) is 19.9 Å². The minimum absolute atomic E-state index is 0.0228. The Bertz CT molecular complexity index is 670. The standard InChI is InChI=1S/C20H26O6/c1-12-5-4-6-13(2)10-17(26-20(24)15(11-22)7-8-21)18-14(3)19(23)25-16(18)9-12/h6-7,9,16-18,21-22H,3-5,8,10-11H2,1-2H3/b12-9+,13-6+,15-7+/t16-,17-,18?/m1/s1. The van der Waals surface area contributed by atoms with E-state index in [9.17, 15) is 14.7 Å². The van der Waals surface area contributed by atoms with Gasteiger partial charge >= 0.3 is 11.9 Å². The van der Waals surface area contributed by atoms with Crippen molar-refractivity contribution in [2.45, 2.75) is 45.3 Å². The summed E-state index contributed by atoms with van der Waals surface area (Å²) in [6.45, 7) is 6.85. The zero-order chi connectivity index (χ0) is 19.3. The van der Waals surface area contributed by atoms with E-state index in [4.69, 9.17) is 14.6 Å². The van der Waals surface area contributed by atoms with Gasteiger partial charge in [0.15, 0.2) is 0 Å². The fourth-order valence-corrected chi connectivity index (χ4v) is 3.27. The number of esters is 2. The van der Waals surface area contributed by atoms with Crippen LogP contribution >= 0.6 is 0 Å². The van der Waals surface area contributed by atoms with Crippen molar-refractivity contribution in [2.75, 3.05) is 13.2 Å². The molecule has 0 spiro atoms. The van der Waals surface area contributed by atoms with Crippen molar-refractivity contribution in [3.8, 4) is 0 Å². The molecular formula is C20H26O6. The number of hydrogen-bond acceptors (Lipinski definition) is 6. The second-order valence-corrected chi connectivity index (χ2v) is 6.74. The van der Waals surface area contributed by atoms with Gasteiger partial charge in [-0.2, -0.15) is 0 Å². The highest BCUT2D eigenvalue weighted by atomic mass is 16.6. The summed E-state index contributed by atoms with van der Waals surface area (Å²) in [7, 11) is 0. The Balaban J connectivity index is 2.36. The lowest BCUT2D eigenvalue weighted by Gasteiger charge is -2.27. The molecule has 142 valence electrons. The lowest BCUT2D eigenvalue weighted by atomic mass is 9.85. The molecule has 0 bridgehead atoms. The molecule has 0 amide bonds. The summed E-state index contributed by atoms with van der Waals surface area (Å²) < 4.78 is 11.1. The maximum absolute atomic E-state index is 12.4. The van der Waals surface area contributed by atoms with Crippen LogP contribution in [0.4, 0.5) is 0 Å².